The first-order valence-electron chi connectivity index (χ1n) is 5.10. The van der Waals surface area contributed by atoms with Crippen molar-refractivity contribution in [2.75, 3.05) is 0 Å². The molecule has 1 saturated carbocycles. The summed E-state index contributed by atoms with van der Waals surface area (Å²) in [4.78, 5) is 0.124. The fraction of sp³-hybridized carbons (Fsp3) is 0.455. The molecular formula is C11H11BrF2O2S. The van der Waals surface area contributed by atoms with Crippen LogP contribution in [0.3, 0.4) is 0 Å². The van der Waals surface area contributed by atoms with E-state index in [2.05, 4.69) is 15.9 Å². The van der Waals surface area contributed by atoms with Gasteiger partial charge in [0.1, 0.15) is 0 Å². The first-order chi connectivity index (χ1) is 7.72. The second-order valence-corrected chi connectivity index (χ2v) is 7.42. The van der Waals surface area contributed by atoms with Crippen molar-refractivity contribution in [1.29, 1.82) is 0 Å². The molecule has 0 unspecified atom stereocenters. The minimum absolute atomic E-state index is 0.124. The highest BCUT2D eigenvalue weighted by molar-refractivity contribution is 9.10. The predicted molar refractivity (Wildman–Crippen MR) is 64.0 cm³/mol. The zero-order valence-electron chi connectivity index (χ0n) is 9.08. The standard InChI is InChI=1S/C11H11BrF2O2S/c1-7-4-8(2-3-10(7)12)17(15,16)9-5-11(13,14)6-9/h2-4,9H,5-6H2,1H3. The monoisotopic (exact) mass is 324 g/mol. The lowest BCUT2D eigenvalue weighted by molar-refractivity contribution is -0.0685. The van der Waals surface area contributed by atoms with Gasteiger partial charge in [0.05, 0.1) is 10.1 Å². The van der Waals surface area contributed by atoms with Crippen LogP contribution in [-0.2, 0) is 9.84 Å². The molecule has 0 radical (unpaired) electrons. The molecule has 0 N–H and O–H groups in total. The molecule has 0 atom stereocenters. The maximum absolute atomic E-state index is 12.7. The Morgan fingerprint density at radius 3 is 2.41 bits per heavy atom. The average Bonchev–Trinajstić information content (AvgIpc) is 2.18. The molecule has 0 saturated heterocycles. The quantitative estimate of drug-likeness (QED) is 0.836. The molecule has 94 valence electrons. The van der Waals surface area contributed by atoms with Crippen molar-refractivity contribution >= 4 is 25.8 Å². The van der Waals surface area contributed by atoms with E-state index in [1.54, 1.807) is 13.0 Å². The van der Waals surface area contributed by atoms with Gasteiger partial charge in [-0.3, -0.25) is 0 Å². The van der Waals surface area contributed by atoms with Gasteiger partial charge in [-0.1, -0.05) is 15.9 Å². The highest BCUT2D eigenvalue weighted by atomic mass is 79.9. The molecule has 1 aliphatic carbocycles. The summed E-state index contributed by atoms with van der Waals surface area (Å²) >= 11 is 3.27. The first kappa shape index (κ1) is 13.0. The maximum atomic E-state index is 12.7. The third-order valence-corrected chi connectivity index (χ3v) is 5.96. The van der Waals surface area contributed by atoms with Crippen LogP contribution < -0.4 is 0 Å². The summed E-state index contributed by atoms with van der Waals surface area (Å²) < 4.78 is 50.2. The van der Waals surface area contributed by atoms with Crippen LogP contribution in [0.4, 0.5) is 8.78 Å². The summed E-state index contributed by atoms with van der Waals surface area (Å²) in [7, 11) is -3.61. The largest absolute Gasteiger partial charge is 0.250 e. The molecule has 2 rings (SSSR count). The van der Waals surface area contributed by atoms with Gasteiger partial charge in [0.15, 0.2) is 9.84 Å². The number of aryl methyl sites for hydroxylation is 1. The van der Waals surface area contributed by atoms with E-state index in [0.717, 1.165) is 10.0 Å². The van der Waals surface area contributed by atoms with Crippen LogP contribution in [0, 0.1) is 6.92 Å². The highest BCUT2D eigenvalue weighted by Gasteiger charge is 2.51. The van der Waals surface area contributed by atoms with Crippen molar-refractivity contribution < 1.29 is 17.2 Å². The minimum atomic E-state index is -3.61. The molecule has 1 aromatic carbocycles. The first-order valence-corrected chi connectivity index (χ1v) is 7.44. The smallest absolute Gasteiger partial charge is 0.223 e. The second-order valence-electron chi connectivity index (χ2n) is 4.34. The lowest BCUT2D eigenvalue weighted by atomic mass is 9.94. The van der Waals surface area contributed by atoms with Gasteiger partial charge in [0, 0.05) is 17.3 Å². The third-order valence-electron chi connectivity index (χ3n) is 2.95. The number of sulfone groups is 1. The number of benzene rings is 1. The Labute approximate surface area is 107 Å². The Bertz CT molecular complexity index is 547. The van der Waals surface area contributed by atoms with Crippen molar-refractivity contribution in [1.82, 2.24) is 0 Å². The molecule has 0 aliphatic heterocycles. The van der Waals surface area contributed by atoms with E-state index in [9.17, 15) is 17.2 Å². The number of hydrogen-bond donors (Lipinski definition) is 0. The predicted octanol–water partition coefficient (Wildman–Crippen LogP) is 3.33. The Morgan fingerprint density at radius 1 is 1.35 bits per heavy atom. The van der Waals surface area contributed by atoms with Crippen LogP contribution in [0.15, 0.2) is 27.6 Å². The summed E-state index contributed by atoms with van der Waals surface area (Å²) in [6.45, 7) is 1.76. The Hall–Kier alpha value is -0.490. The SMILES string of the molecule is Cc1cc(S(=O)(=O)C2CC(F)(F)C2)ccc1Br. The molecule has 0 bridgehead atoms. The van der Waals surface area contributed by atoms with Crippen molar-refractivity contribution in [2.45, 2.75) is 35.8 Å². The van der Waals surface area contributed by atoms with Gasteiger partial charge in [-0.25, -0.2) is 17.2 Å². The number of alkyl halides is 2. The van der Waals surface area contributed by atoms with E-state index in [4.69, 9.17) is 0 Å². The van der Waals surface area contributed by atoms with E-state index in [0.29, 0.717) is 0 Å². The second kappa shape index (κ2) is 4.02. The molecule has 1 aromatic rings. The number of halogens is 3. The van der Waals surface area contributed by atoms with Crippen LogP contribution >= 0.6 is 15.9 Å². The number of hydrogen-bond acceptors (Lipinski definition) is 2. The molecule has 0 spiro atoms. The van der Waals surface area contributed by atoms with Crippen LogP contribution in [0.25, 0.3) is 0 Å². The van der Waals surface area contributed by atoms with E-state index in [1.807, 2.05) is 0 Å². The molecule has 0 amide bonds. The summed E-state index contributed by atoms with van der Waals surface area (Å²) in [5.41, 5.74) is 0.775. The zero-order chi connectivity index (χ0) is 12.8. The Morgan fingerprint density at radius 2 is 1.94 bits per heavy atom. The van der Waals surface area contributed by atoms with Crippen molar-refractivity contribution in [2.24, 2.45) is 0 Å². The minimum Gasteiger partial charge on any atom is -0.223 e. The summed E-state index contributed by atoms with van der Waals surface area (Å²) in [6, 6.07) is 4.58. The van der Waals surface area contributed by atoms with Crippen molar-refractivity contribution in [3.63, 3.8) is 0 Å². The maximum Gasteiger partial charge on any atom is 0.250 e. The highest BCUT2D eigenvalue weighted by Crippen LogP contribution is 2.43. The van der Waals surface area contributed by atoms with Gasteiger partial charge in [-0.2, -0.15) is 0 Å². The van der Waals surface area contributed by atoms with Crippen LogP contribution in [0.2, 0.25) is 0 Å². The Balaban J connectivity index is 2.30. The molecular weight excluding hydrogens is 314 g/mol. The van der Waals surface area contributed by atoms with Crippen LogP contribution in [0.5, 0.6) is 0 Å². The van der Waals surface area contributed by atoms with E-state index in [-0.39, 0.29) is 4.90 Å². The Kier molecular flexibility index (Phi) is 3.06. The number of rotatable bonds is 2. The van der Waals surface area contributed by atoms with Gasteiger partial charge in [-0.15, -0.1) is 0 Å². The van der Waals surface area contributed by atoms with Gasteiger partial charge in [-0.05, 0) is 30.7 Å². The summed E-state index contributed by atoms with van der Waals surface area (Å²) in [5, 5.41) is -0.946. The van der Waals surface area contributed by atoms with E-state index in [1.165, 1.54) is 12.1 Å². The molecule has 6 heteroatoms. The van der Waals surface area contributed by atoms with Gasteiger partial charge >= 0.3 is 0 Å². The lowest BCUT2D eigenvalue weighted by Gasteiger charge is -2.34. The lowest BCUT2D eigenvalue weighted by Crippen LogP contribution is -2.44. The molecule has 1 aliphatic rings. The van der Waals surface area contributed by atoms with Gasteiger partial charge < -0.3 is 0 Å². The third kappa shape index (κ3) is 2.38. The normalized spacial score (nSPS) is 20.0. The molecule has 1 fully saturated rings. The van der Waals surface area contributed by atoms with Crippen molar-refractivity contribution in [3.05, 3.63) is 28.2 Å². The van der Waals surface area contributed by atoms with Gasteiger partial charge in [0.2, 0.25) is 0 Å². The fourth-order valence-corrected chi connectivity index (χ4v) is 3.97. The molecule has 0 heterocycles. The summed E-state index contributed by atoms with van der Waals surface area (Å²) in [5.74, 6) is -2.82. The zero-order valence-corrected chi connectivity index (χ0v) is 11.5. The van der Waals surface area contributed by atoms with Gasteiger partial charge in [0.25, 0.3) is 5.92 Å². The molecule has 2 nitrogen and oxygen atoms in total. The van der Waals surface area contributed by atoms with Crippen LogP contribution in [0.1, 0.15) is 18.4 Å². The van der Waals surface area contributed by atoms with Crippen LogP contribution in [-0.4, -0.2) is 19.6 Å². The average molecular weight is 325 g/mol. The molecule has 17 heavy (non-hydrogen) atoms. The van der Waals surface area contributed by atoms with Crippen molar-refractivity contribution in [3.8, 4) is 0 Å². The summed E-state index contributed by atoms with van der Waals surface area (Å²) in [6.07, 6.45) is -1.13. The van der Waals surface area contributed by atoms with E-state index < -0.39 is 33.9 Å². The van der Waals surface area contributed by atoms with E-state index >= 15 is 0 Å². The molecule has 0 aromatic heterocycles. The topological polar surface area (TPSA) is 34.1 Å². The fourth-order valence-electron chi connectivity index (χ4n) is 1.81.